The summed E-state index contributed by atoms with van der Waals surface area (Å²) in [7, 11) is 2.48. The van der Waals surface area contributed by atoms with Crippen LogP contribution < -0.4 is 0 Å². The molecule has 0 bridgehead atoms. The molecular weight excluding hydrogens is 307 g/mol. The highest BCUT2D eigenvalue weighted by atomic mass is 127. The van der Waals surface area contributed by atoms with Gasteiger partial charge in [-0.25, -0.2) is 0 Å². The standard InChI is InChI=1S/C6H15IO3SSi/c1-8-12(9-2,10-3)6(7)4-5-11/h6,11H,4-5H2,1-3H3. The molecule has 0 spiro atoms. The van der Waals surface area contributed by atoms with E-state index in [1.165, 1.54) is 0 Å². The zero-order chi connectivity index (χ0) is 9.61. The second kappa shape index (κ2) is 6.60. The average Bonchev–Trinajstić information content (AvgIpc) is 2.09. The van der Waals surface area contributed by atoms with E-state index < -0.39 is 8.80 Å². The highest BCUT2D eigenvalue weighted by molar-refractivity contribution is 14.1. The molecule has 0 saturated carbocycles. The van der Waals surface area contributed by atoms with Crippen LogP contribution in [0.2, 0.25) is 0 Å². The Kier molecular flexibility index (Phi) is 7.25. The minimum Gasteiger partial charge on any atom is -0.376 e. The van der Waals surface area contributed by atoms with Gasteiger partial charge in [-0.05, 0) is 12.2 Å². The Bertz CT molecular complexity index is 115. The Balaban J connectivity index is 4.24. The zero-order valence-electron chi connectivity index (χ0n) is 7.54. The van der Waals surface area contributed by atoms with Crippen LogP contribution in [0.3, 0.4) is 0 Å². The molecule has 1 unspecified atom stereocenters. The van der Waals surface area contributed by atoms with Crippen LogP contribution in [0.1, 0.15) is 6.42 Å². The molecule has 0 aromatic rings. The van der Waals surface area contributed by atoms with Gasteiger partial charge in [-0.15, -0.1) is 0 Å². The lowest BCUT2D eigenvalue weighted by atomic mass is 10.6. The Morgan fingerprint density at radius 1 is 1.25 bits per heavy atom. The second-order valence-electron chi connectivity index (χ2n) is 2.20. The first-order valence-corrected chi connectivity index (χ1v) is 7.25. The summed E-state index contributed by atoms with van der Waals surface area (Å²) >= 11 is 6.45. The Hall–Kier alpha value is 1.18. The van der Waals surface area contributed by atoms with Crippen molar-refractivity contribution in [1.82, 2.24) is 0 Å². The molecule has 0 N–H and O–H groups in total. The van der Waals surface area contributed by atoms with Crippen LogP contribution in [0.4, 0.5) is 0 Å². The van der Waals surface area contributed by atoms with Gasteiger partial charge in [0.25, 0.3) is 0 Å². The molecule has 0 fully saturated rings. The molecule has 0 heterocycles. The molecule has 0 amide bonds. The highest BCUT2D eigenvalue weighted by Crippen LogP contribution is 2.22. The SMILES string of the molecule is CO[Si](OC)(OC)C(I)CCS. The smallest absolute Gasteiger partial charge is 0.376 e. The molecule has 12 heavy (non-hydrogen) atoms. The quantitative estimate of drug-likeness (QED) is 0.348. The number of rotatable bonds is 6. The highest BCUT2D eigenvalue weighted by Gasteiger charge is 2.45. The maximum Gasteiger partial charge on any atom is 0.513 e. The fraction of sp³-hybridized carbons (Fsp3) is 1.00. The van der Waals surface area contributed by atoms with Crippen molar-refractivity contribution in [2.75, 3.05) is 27.1 Å². The van der Waals surface area contributed by atoms with Crippen LogP contribution in [0.25, 0.3) is 0 Å². The van der Waals surface area contributed by atoms with Crippen molar-refractivity contribution in [3.05, 3.63) is 0 Å². The molecule has 1 atom stereocenters. The van der Waals surface area contributed by atoms with Gasteiger partial charge >= 0.3 is 8.80 Å². The van der Waals surface area contributed by atoms with Gasteiger partial charge in [0.05, 0.1) is 3.55 Å². The van der Waals surface area contributed by atoms with Crippen LogP contribution in [-0.4, -0.2) is 39.4 Å². The minimum atomic E-state index is -2.40. The monoisotopic (exact) mass is 322 g/mol. The van der Waals surface area contributed by atoms with Gasteiger partial charge in [-0.3, -0.25) is 0 Å². The molecule has 0 aromatic heterocycles. The third-order valence-electron chi connectivity index (χ3n) is 1.62. The van der Waals surface area contributed by atoms with Crippen LogP contribution in [-0.2, 0) is 13.3 Å². The summed E-state index contributed by atoms with van der Waals surface area (Å²) in [5, 5.41) is 0. The minimum absolute atomic E-state index is 0.271. The van der Waals surface area contributed by atoms with E-state index in [9.17, 15) is 0 Å². The third-order valence-corrected chi connectivity index (χ3v) is 7.55. The molecule has 74 valence electrons. The molecule has 0 aliphatic heterocycles. The molecule has 0 aliphatic rings. The van der Waals surface area contributed by atoms with E-state index in [2.05, 4.69) is 35.2 Å². The predicted octanol–water partition coefficient (Wildman–Crippen LogP) is 1.53. The van der Waals surface area contributed by atoms with E-state index >= 15 is 0 Å². The summed E-state index contributed by atoms with van der Waals surface area (Å²) in [6.07, 6.45) is 0.936. The maximum atomic E-state index is 5.30. The zero-order valence-corrected chi connectivity index (χ0v) is 11.6. The molecule has 3 nitrogen and oxygen atoms in total. The van der Waals surface area contributed by atoms with Crippen molar-refractivity contribution >= 4 is 44.0 Å². The molecular formula is C6H15IO3SSi. The van der Waals surface area contributed by atoms with Crippen molar-refractivity contribution < 1.29 is 13.3 Å². The predicted molar refractivity (Wildman–Crippen MR) is 63.1 cm³/mol. The first kappa shape index (κ1) is 13.2. The van der Waals surface area contributed by atoms with E-state index in [-0.39, 0.29) is 3.55 Å². The number of hydrogen-bond acceptors (Lipinski definition) is 4. The number of halogens is 1. The fourth-order valence-electron chi connectivity index (χ4n) is 0.924. The maximum absolute atomic E-state index is 5.30. The lowest BCUT2D eigenvalue weighted by Crippen LogP contribution is -2.51. The van der Waals surface area contributed by atoms with Crippen molar-refractivity contribution in [2.45, 2.75) is 9.97 Å². The fourth-order valence-corrected chi connectivity index (χ4v) is 6.28. The molecule has 0 saturated heterocycles. The lowest BCUT2D eigenvalue weighted by Gasteiger charge is -2.28. The van der Waals surface area contributed by atoms with Crippen molar-refractivity contribution in [1.29, 1.82) is 0 Å². The summed E-state index contributed by atoms with van der Waals surface area (Å²) in [5.74, 6) is 0.818. The van der Waals surface area contributed by atoms with Gasteiger partial charge in [0.15, 0.2) is 0 Å². The Morgan fingerprint density at radius 3 is 1.92 bits per heavy atom. The first-order chi connectivity index (χ1) is 5.66. The van der Waals surface area contributed by atoms with Gasteiger partial charge in [0.1, 0.15) is 0 Å². The summed E-state index contributed by atoms with van der Waals surface area (Å²) in [6.45, 7) is 0. The van der Waals surface area contributed by atoms with Crippen LogP contribution in [0.5, 0.6) is 0 Å². The van der Waals surface area contributed by atoms with Gasteiger partial charge in [-0.2, -0.15) is 12.6 Å². The molecule has 6 heteroatoms. The van der Waals surface area contributed by atoms with Gasteiger partial charge in [0.2, 0.25) is 0 Å². The molecule has 0 aliphatic carbocycles. The number of thiol groups is 1. The van der Waals surface area contributed by atoms with E-state index in [0.29, 0.717) is 0 Å². The topological polar surface area (TPSA) is 27.7 Å². The Morgan fingerprint density at radius 2 is 1.67 bits per heavy atom. The molecule has 0 aromatic carbocycles. The summed E-state index contributed by atoms with van der Waals surface area (Å²) in [5.41, 5.74) is 0. The lowest BCUT2D eigenvalue weighted by molar-refractivity contribution is 0.123. The summed E-state index contributed by atoms with van der Waals surface area (Å²) in [6, 6.07) is 0. The Labute approximate surface area is 94.1 Å². The number of hydrogen-bond donors (Lipinski definition) is 1. The number of alkyl halides is 1. The van der Waals surface area contributed by atoms with E-state index in [1.54, 1.807) is 21.3 Å². The third kappa shape index (κ3) is 3.15. The van der Waals surface area contributed by atoms with Crippen molar-refractivity contribution in [2.24, 2.45) is 0 Å². The summed E-state index contributed by atoms with van der Waals surface area (Å²) in [4.78, 5) is 0. The average molecular weight is 322 g/mol. The van der Waals surface area contributed by atoms with Gasteiger partial charge in [-0.1, -0.05) is 22.6 Å². The van der Waals surface area contributed by atoms with E-state index in [0.717, 1.165) is 12.2 Å². The first-order valence-electron chi connectivity index (χ1n) is 3.57. The normalized spacial score (nSPS) is 14.8. The van der Waals surface area contributed by atoms with Gasteiger partial charge < -0.3 is 13.3 Å². The van der Waals surface area contributed by atoms with E-state index in [1.807, 2.05) is 0 Å². The van der Waals surface area contributed by atoms with Crippen LogP contribution in [0, 0.1) is 0 Å². The van der Waals surface area contributed by atoms with Crippen LogP contribution in [0.15, 0.2) is 0 Å². The van der Waals surface area contributed by atoms with Gasteiger partial charge in [0, 0.05) is 21.3 Å². The van der Waals surface area contributed by atoms with E-state index in [4.69, 9.17) is 13.3 Å². The molecule has 0 rings (SSSR count). The van der Waals surface area contributed by atoms with Crippen molar-refractivity contribution in [3.8, 4) is 0 Å². The summed E-state index contributed by atoms with van der Waals surface area (Å²) < 4.78 is 16.2. The van der Waals surface area contributed by atoms with Crippen LogP contribution >= 0.6 is 35.2 Å². The second-order valence-corrected chi connectivity index (χ2v) is 8.45. The largest absolute Gasteiger partial charge is 0.513 e. The van der Waals surface area contributed by atoms with Crippen molar-refractivity contribution in [3.63, 3.8) is 0 Å². The molecule has 0 radical (unpaired) electrons.